The molecule has 0 unspecified atom stereocenters. The van der Waals surface area contributed by atoms with Crippen molar-refractivity contribution in [2.24, 2.45) is 0 Å². The highest BCUT2D eigenvalue weighted by molar-refractivity contribution is 5.37. The quantitative estimate of drug-likeness (QED) is 0.651. The molecule has 1 aromatic carbocycles. The molecule has 0 amide bonds. The lowest BCUT2D eigenvalue weighted by Crippen LogP contribution is -1.90. The van der Waals surface area contributed by atoms with Gasteiger partial charge in [-0.2, -0.15) is 5.26 Å². The molecule has 0 heterocycles. The van der Waals surface area contributed by atoms with Crippen molar-refractivity contribution in [3.63, 3.8) is 0 Å². The topological polar surface area (TPSA) is 33.0 Å². The first-order valence-electron chi connectivity index (χ1n) is 2.86. The largest absolute Gasteiger partial charge is 0.294 e. The smallest absolute Gasteiger partial charge is 0.177 e. The number of nitrogens with zero attached hydrogens (tertiary/aromatic N) is 1. The van der Waals surface area contributed by atoms with E-state index in [1.165, 1.54) is 6.07 Å². The van der Waals surface area contributed by atoms with Crippen LogP contribution in [0.5, 0.6) is 5.75 Å². The van der Waals surface area contributed by atoms with Gasteiger partial charge in [0.25, 0.3) is 0 Å². The highest BCUT2D eigenvalue weighted by Gasteiger charge is 2.11. The minimum Gasteiger partial charge on any atom is -0.294 e. The normalized spacial score (nSPS) is 9.17. The van der Waals surface area contributed by atoms with Crippen LogP contribution < -0.4 is 4.94 Å². The Labute approximate surface area is 65.7 Å². The van der Waals surface area contributed by atoms with Gasteiger partial charge in [-0.15, -0.1) is 0 Å². The van der Waals surface area contributed by atoms with Crippen LogP contribution in [-0.4, -0.2) is 0 Å². The minimum atomic E-state index is -1.15. The first-order chi connectivity index (χ1) is 5.69. The van der Waals surface area contributed by atoms with E-state index in [1.807, 2.05) is 0 Å². The van der Waals surface area contributed by atoms with Crippen molar-refractivity contribution in [2.45, 2.75) is 0 Å². The SMILES string of the molecule is N#Cc1c(F)cc(OF)cc1F. The molecule has 0 saturated heterocycles. The fraction of sp³-hybridized carbons (Fsp3) is 0. The molecular weight excluding hydrogens is 171 g/mol. The van der Waals surface area contributed by atoms with Crippen molar-refractivity contribution in [1.82, 2.24) is 0 Å². The van der Waals surface area contributed by atoms with Gasteiger partial charge in [0.2, 0.25) is 0 Å². The summed E-state index contributed by atoms with van der Waals surface area (Å²) in [5.74, 6) is -2.90. The zero-order valence-corrected chi connectivity index (χ0v) is 5.64. The van der Waals surface area contributed by atoms with E-state index >= 15 is 0 Å². The van der Waals surface area contributed by atoms with Crippen LogP contribution in [0.1, 0.15) is 5.56 Å². The van der Waals surface area contributed by atoms with Crippen molar-refractivity contribution in [2.75, 3.05) is 0 Å². The van der Waals surface area contributed by atoms with Gasteiger partial charge in [-0.25, -0.2) is 8.78 Å². The van der Waals surface area contributed by atoms with E-state index in [4.69, 9.17) is 5.26 Å². The summed E-state index contributed by atoms with van der Waals surface area (Å²) in [5.41, 5.74) is -0.754. The van der Waals surface area contributed by atoms with Gasteiger partial charge in [0.1, 0.15) is 23.3 Å². The van der Waals surface area contributed by atoms with Gasteiger partial charge in [0.15, 0.2) is 5.75 Å². The fourth-order valence-electron chi connectivity index (χ4n) is 0.701. The summed E-state index contributed by atoms with van der Waals surface area (Å²) < 4.78 is 36.6. The molecule has 0 spiro atoms. The molecule has 0 bridgehead atoms. The first kappa shape index (κ1) is 8.40. The summed E-state index contributed by atoms with van der Waals surface area (Å²) in [6.45, 7) is 0. The maximum atomic E-state index is 12.6. The third kappa shape index (κ3) is 1.32. The molecule has 0 fully saturated rings. The second-order valence-corrected chi connectivity index (χ2v) is 1.95. The average molecular weight is 173 g/mol. The molecular formula is C7H2F3NO. The summed E-state index contributed by atoms with van der Waals surface area (Å²) in [4.78, 5) is 3.09. The van der Waals surface area contributed by atoms with E-state index in [2.05, 4.69) is 4.94 Å². The predicted octanol–water partition coefficient (Wildman–Crippen LogP) is 2.10. The van der Waals surface area contributed by atoms with Crippen LogP contribution in [0.25, 0.3) is 0 Å². The molecule has 5 heteroatoms. The molecule has 0 N–H and O–H groups in total. The van der Waals surface area contributed by atoms with E-state index in [1.54, 1.807) is 0 Å². The van der Waals surface area contributed by atoms with Crippen molar-refractivity contribution in [3.8, 4) is 11.8 Å². The van der Waals surface area contributed by atoms with E-state index in [-0.39, 0.29) is 0 Å². The zero-order chi connectivity index (χ0) is 9.14. The molecule has 0 atom stereocenters. The molecule has 0 aliphatic heterocycles. The van der Waals surface area contributed by atoms with E-state index in [0.717, 1.165) is 0 Å². The summed E-state index contributed by atoms with van der Waals surface area (Å²) in [5, 5.41) is 8.20. The summed E-state index contributed by atoms with van der Waals surface area (Å²) in [6.07, 6.45) is 0. The molecule has 0 radical (unpaired) electrons. The lowest BCUT2D eigenvalue weighted by Gasteiger charge is -1.97. The lowest BCUT2D eigenvalue weighted by molar-refractivity contribution is -0.00692. The maximum Gasteiger partial charge on any atom is 0.177 e. The Hall–Kier alpha value is -1.70. The van der Waals surface area contributed by atoms with Gasteiger partial charge in [-0.1, -0.05) is 0 Å². The molecule has 0 aliphatic rings. The molecule has 0 aliphatic carbocycles. The Balaban J connectivity index is 3.30. The number of halogens is 3. The van der Waals surface area contributed by atoms with Gasteiger partial charge < -0.3 is 0 Å². The predicted molar refractivity (Wildman–Crippen MR) is 32.8 cm³/mol. The third-order valence-corrected chi connectivity index (χ3v) is 1.22. The Morgan fingerprint density at radius 2 is 1.75 bits per heavy atom. The van der Waals surface area contributed by atoms with Crippen molar-refractivity contribution < 1.29 is 18.2 Å². The van der Waals surface area contributed by atoms with Gasteiger partial charge in [0, 0.05) is 16.7 Å². The van der Waals surface area contributed by atoms with Crippen molar-refractivity contribution in [1.29, 1.82) is 5.26 Å². The van der Waals surface area contributed by atoms with Gasteiger partial charge in [-0.3, -0.25) is 4.94 Å². The van der Waals surface area contributed by atoms with E-state index < -0.39 is 22.9 Å². The molecule has 62 valence electrons. The average Bonchev–Trinajstić information content (AvgIpc) is 2.03. The van der Waals surface area contributed by atoms with Crippen LogP contribution in [0.15, 0.2) is 12.1 Å². The number of benzene rings is 1. The maximum absolute atomic E-state index is 12.6. The van der Waals surface area contributed by atoms with Gasteiger partial charge in [0.05, 0.1) is 0 Å². The molecule has 12 heavy (non-hydrogen) atoms. The van der Waals surface area contributed by atoms with Gasteiger partial charge >= 0.3 is 0 Å². The number of hydrogen-bond donors (Lipinski definition) is 0. The van der Waals surface area contributed by atoms with Crippen LogP contribution in [-0.2, 0) is 0 Å². The Morgan fingerprint density at radius 3 is 2.08 bits per heavy atom. The number of rotatable bonds is 1. The van der Waals surface area contributed by atoms with Crippen molar-refractivity contribution in [3.05, 3.63) is 29.3 Å². The lowest BCUT2D eigenvalue weighted by atomic mass is 10.2. The second-order valence-electron chi connectivity index (χ2n) is 1.95. The number of hydrogen-bond acceptors (Lipinski definition) is 2. The van der Waals surface area contributed by atoms with Crippen LogP contribution in [0, 0.1) is 23.0 Å². The molecule has 2 nitrogen and oxygen atoms in total. The molecule has 1 rings (SSSR count). The summed E-state index contributed by atoms with van der Waals surface area (Å²) >= 11 is 0. The standard InChI is InChI=1S/C7H2F3NO/c8-6-1-4(12-10)2-7(9)5(6)3-11/h1-2H. The molecule has 0 saturated carbocycles. The highest BCUT2D eigenvalue weighted by Crippen LogP contribution is 2.19. The van der Waals surface area contributed by atoms with E-state index in [9.17, 15) is 13.3 Å². The summed E-state index contributed by atoms with van der Waals surface area (Å²) in [7, 11) is 0. The first-order valence-corrected chi connectivity index (χ1v) is 2.86. The Morgan fingerprint density at radius 1 is 1.25 bits per heavy atom. The second kappa shape index (κ2) is 3.13. The Kier molecular flexibility index (Phi) is 2.19. The molecule has 1 aromatic rings. The van der Waals surface area contributed by atoms with Crippen LogP contribution in [0.4, 0.5) is 13.3 Å². The third-order valence-electron chi connectivity index (χ3n) is 1.22. The minimum absolute atomic E-state index is 0.585. The van der Waals surface area contributed by atoms with E-state index in [0.29, 0.717) is 12.1 Å². The molecule has 0 aromatic heterocycles. The van der Waals surface area contributed by atoms with Crippen molar-refractivity contribution >= 4 is 0 Å². The summed E-state index contributed by atoms with van der Waals surface area (Å²) in [6, 6.07) is 2.46. The van der Waals surface area contributed by atoms with Gasteiger partial charge in [-0.05, 0) is 0 Å². The number of nitriles is 1. The Bertz CT molecular complexity index is 322. The fourth-order valence-corrected chi connectivity index (χ4v) is 0.701. The monoisotopic (exact) mass is 173 g/mol. The van der Waals surface area contributed by atoms with Crippen LogP contribution >= 0.6 is 0 Å². The van der Waals surface area contributed by atoms with Crippen LogP contribution in [0.2, 0.25) is 0 Å². The zero-order valence-electron chi connectivity index (χ0n) is 5.64. The van der Waals surface area contributed by atoms with Crippen LogP contribution in [0.3, 0.4) is 0 Å². The highest BCUT2D eigenvalue weighted by atomic mass is 19.3.